The zero-order valence-electron chi connectivity index (χ0n) is 13.8. The molecule has 22 heavy (non-hydrogen) atoms. The molecule has 0 saturated carbocycles. The van der Waals surface area contributed by atoms with Gasteiger partial charge in [-0.15, -0.1) is 0 Å². The van der Waals surface area contributed by atoms with Crippen LogP contribution in [0, 0.1) is 0 Å². The molecule has 0 aliphatic carbocycles. The molecule has 0 atom stereocenters. The van der Waals surface area contributed by atoms with Crippen molar-refractivity contribution >= 4 is 12.1 Å². The molecule has 4 heteroatoms. The molecule has 0 radical (unpaired) electrons. The number of carbonyl (C=O) groups excluding carboxylic acids is 1. The van der Waals surface area contributed by atoms with E-state index >= 15 is 0 Å². The van der Waals surface area contributed by atoms with Gasteiger partial charge in [-0.05, 0) is 57.5 Å². The first-order valence-corrected chi connectivity index (χ1v) is 8.08. The highest BCUT2D eigenvalue weighted by Gasteiger charge is 2.24. The first kappa shape index (κ1) is 16.7. The van der Waals surface area contributed by atoms with Crippen LogP contribution in [-0.2, 0) is 11.3 Å². The summed E-state index contributed by atoms with van der Waals surface area (Å²) < 4.78 is 5.83. The maximum atomic E-state index is 12.5. The minimum absolute atomic E-state index is 0.119. The minimum Gasteiger partial charge on any atom is -0.375 e. The molecular weight excluding hydrogens is 276 g/mol. The van der Waals surface area contributed by atoms with E-state index in [0.29, 0.717) is 12.6 Å². The maximum Gasteiger partial charge on any atom is 0.253 e. The molecule has 1 heterocycles. The van der Waals surface area contributed by atoms with E-state index in [1.807, 2.05) is 36.1 Å². The van der Waals surface area contributed by atoms with E-state index in [0.717, 1.165) is 37.1 Å². The predicted octanol–water partition coefficient (Wildman–Crippen LogP) is 3.31. The van der Waals surface area contributed by atoms with Gasteiger partial charge in [-0.25, -0.2) is 0 Å². The molecule has 0 spiro atoms. The second kappa shape index (κ2) is 8.08. The largest absolute Gasteiger partial charge is 0.375 e. The fourth-order valence-corrected chi connectivity index (χ4v) is 2.71. The molecule has 1 amide bonds. The van der Waals surface area contributed by atoms with Gasteiger partial charge in [-0.1, -0.05) is 12.1 Å². The average molecular weight is 302 g/mol. The number of ether oxygens (including phenoxy) is 1. The number of likely N-dealkylation sites (tertiary alicyclic amines) is 1. The van der Waals surface area contributed by atoms with Crippen LogP contribution in [0.1, 0.15) is 49.5 Å². The molecule has 1 aromatic carbocycles. The Labute approximate surface area is 133 Å². The lowest BCUT2D eigenvalue weighted by molar-refractivity contribution is -0.0236. The number of rotatable bonds is 5. The SMILES string of the molecule is CC=NCc1ccc(C(=O)N2CCC(OC(C)C)CC2)cc1. The fourth-order valence-electron chi connectivity index (χ4n) is 2.71. The summed E-state index contributed by atoms with van der Waals surface area (Å²) in [5.74, 6) is 0.119. The number of aliphatic imine (C=N–C) groups is 1. The van der Waals surface area contributed by atoms with Gasteiger partial charge in [0.15, 0.2) is 0 Å². The molecule has 0 aromatic heterocycles. The van der Waals surface area contributed by atoms with Crippen LogP contribution in [0.5, 0.6) is 0 Å². The summed E-state index contributed by atoms with van der Waals surface area (Å²) >= 11 is 0. The van der Waals surface area contributed by atoms with Crippen molar-refractivity contribution in [2.24, 2.45) is 4.99 Å². The molecule has 1 saturated heterocycles. The summed E-state index contributed by atoms with van der Waals surface area (Å²) in [6, 6.07) is 7.77. The lowest BCUT2D eigenvalue weighted by atomic mass is 10.1. The molecule has 0 bridgehead atoms. The number of piperidine rings is 1. The molecule has 0 N–H and O–H groups in total. The van der Waals surface area contributed by atoms with Gasteiger partial charge in [0.2, 0.25) is 0 Å². The molecule has 1 aliphatic heterocycles. The van der Waals surface area contributed by atoms with Gasteiger partial charge < -0.3 is 9.64 Å². The Bertz CT molecular complexity index is 500. The quantitative estimate of drug-likeness (QED) is 0.783. The van der Waals surface area contributed by atoms with Gasteiger partial charge in [0.1, 0.15) is 0 Å². The monoisotopic (exact) mass is 302 g/mol. The van der Waals surface area contributed by atoms with E-state index in [2.05, 4.69) is 18.8 Å². The molecular formula is C18H26N2O2. The van der Waals surface area contributed by atoms with E-state index in [-0.39, 0.29) is 12.0 Å². The van der Waals surface area contributed by atoms with Crippen LogP contribution in [0.4, 0.5) is 0 Å². The Balaban J connectivity index is 1.89. The zero-order chi connectivity index (χ0) is 15.9. The topological polar surface area (TPSA) is 41.9 Å². The van der Waals surface area contributed by atoms with Crippen LogP contribution in [0.25, 0.3) is 0 Å². The van der Waals surface area contributed by atoms with Crippen molar-refractivity contribution in [3.8, 4) is 0 Å². The third kappa shape index (κ3) is 4.67. The molecule has 1 aliphatic rings. The number of hydrogen-bond donors (Lipinski definition) is 0. The van der Waals surface area contributed by atoms with E-state index < -0.39 is 0 Å². The highest BCUT2D eigenvalue weighted by molar-refractivity contribution is 5.94. The van der Waals surface area contributed by atoms with Crippen LogP contribution in [0.15, 0.2) is 29.3 Å². The number of benzene rings is 1. The van der Waals surface area contributed by atoms with Crippen molar-refractivity contribution in [1.82, 2.24) is 4.90 Å². The summed E-state index contributed by atoms with van der Waals surface area (Å²) in [6.45, 7) is 8.24. The number of nitrogens with zero attached hydrogens (tertiary/aromatic N) is 2. The van der Waals surface area contributed by atoms with Gasteiger partial charge >= 0.3 is 0 Å². The van der Waals surface area contributed by atoms with Gasteiger partial charge in [-0.2, -0.15) is 0 Å². The smallest absolute Gasteiger partial charge is 0.253 e. The number of amides is 1. The Kier molecular flexibility index (Phi) is 6.13. The zero-order valence-corrected chi connectivity index (χ0v) is 13.8. The van der Waals surface area contributed by atoms with Gasteiger partial charge in [0, 0.05) is 18.7 Å². The minimum atomic E-state index is 0.119. The van der Waals surface area contributed by atoms with E-state index in [9.17, 15) is 4.79 Å². The van der Waals surface area contributed by atoms with E-state index in [1.165, 1.54) is 0 Å². The Morgan fingerprint density at radius 2 is 1.95 bits per heavy atom. The number of hydrogen-bond acceptors (Lipinski definition) is 3. The van der Waals surface area contributed by atoms with Crippen molar-refractivity contribution in [1.29, 1.82) is 0 Å². The lowest BCUT2D eigenvalue weighted by Crippen LogP contribution is -2.41. The normalized spacial score (nSPS) is 16.6. The Hall–Kier alpha value is -1.68. The van der Waals surface area contributed by atoms with Gasteiger partial charge in [-0.3, -0.25) is 9.79 Å². The first-order chi connectivity index (χ1) is 10.6. The second-order valence-electron chi connectivity index (χ2n) is 5.97. The van der Waals surface area contributed by atoms with Crippen molar-refractivity contribution in [3.63, 3.8) is 0 Å². The van der Waals surface area contributed by atoms with Crippen molar-refractivity contribution in [2.75, 3.05) is 13.1 Å². The highest BCUT2D eigenvalue weighted by Crippen LogP contribution is 2.18. The van der Waals surface area contributed by atoms with Crippen LogP contribution < -0.4 is 0 Å². The van der Waals surface area contributed by atoms with Crippen molar-refractivity contribution in [3.05, 3.63) is 35.4 Å². The average Bonchev–Trinajstić information content (AvgIpc) is 2.53. The molecule has 1 fully saturated rings. The molecule has 1 aromatic rings. The van der Waals surface area contributed by atoms with Crippen molar-refractivity contribution < 1.29 is 9.53 Å². The van der Waals surface area contributed by atoms with E-state index in [4.69, 9.17) is 4.74 Å². The summed E-state index contributed by atoms with van der Waals surface area (Å²) in [5.41, 5.74) is 1.88. The predicted molar refractivity (Wildman–Crippen MR) is 89.5 cm³/mol. The Morgan fingerprint density at radius 1 is 1.32 bits per heavy atom. The third-order valence-electron chi connectivity index (χ3n) is 3.85. The lowest BCUT2D eigenvalue weighted by Gasteiger charge is -2.33. The Morgan fingerprint density at radius 3 is 2.50 bits per heavy atom. The molecule has 120 valence electrons. The van der Waals surface area contributed by atoms with Crippen molar-refractivity contribution in [2.45, 2.75) is 52.4 Å². The van der Waals surface area contributed by atoms with Gasteiger partial charge in [0.05, 0.1) is 18.8 Å². The standard InChI is InChI=1S/C18H26N2O2/c1-4-19-13-15-5-7-16(8-6-15)18(21)20-11-9-17(10-12-20)22-14(2)3/h4-8,14,17H,9-13H2,1-3H3. The summed E-state index contributed by atoms with van der Waals surface area (Å²) in [7, 11) is 0. The molecule has 2 rings (SSSR count). The van der Waals surface area contributed by atoms with Gasteiger partial charge in [0.25, 0.3) is 5.91 Å². The van der Waals surface area contributed by atoms with Crippen LogP contribution in [-0.4, -0.2) is 42.3 Å². The fraction of sp³-hybridized carbons (Fsp3) is 0.556. The molecule has 4 nitrogen and oxygen atoms in total. The summed E-state index contributed by atoms with van der Waals surface area (Å²) in [5, 5.41) is 0. The van der Waals surface area contributed by atoms with Crippen LogP contribution in [0.3, 0.4) is 0 Å². The summed E-state index contributed by atoms with van der Waals surface area (Å²) in [4.78, 5) is 18.6. The number of carbonyl (C=O) groups is 1. The highest BCUT2D eigenvalue weighted by atomic mass is 16.5. The van der Waals surface area contributed by atoms with Crippen LogP contribution >= 0.6 is 0 Å². The second-order valence-corrected chi connectivity index (χ2v) is 5.97. The first-order valence-electron chi connectivity index (χ1n) is 8.08. The summed E-state index contributed by atoms with van der Waals surface area (Å²) in [6.07, 6.45) is 4.19. The molecule has 0 unspecified atom stereocenters. The third-order valence-corrected chi connectivity index (χ3v) is 3.85. The van der Waals surface area contributed by atoms with E-state index in [1.54, 1.807) is 6.21 Å². The maximum absolute atomic E-state index is 12.5. The van der Waals surface area contributed by atoms with Crippen LogP contribution in [0.2, 0.25) is 0 Å².